The number of hydrogen-bond donors (Lipinski definition) is 1. The first-order chi connectivity index (χ1) is 11.8. The third-order valence-electron chi connectivity index (χ3n) is 5.96. The predicted molar refractivity (Wildman–Crippen MR) is 99.6 cm³/mol. The van der Waals surface area contributed by atoms with Crippen LogP contribution >= 0.6 is 0 Å². The van der Waals surface area contributed by atoms with E-state index in [0.29, 0.717) is 11.3 Å². The van der Waals surface area contributed by atoms with Crippen molar-refractivity contribution in [2.24, 2.45) is 12.5 Å². The third kappa shape index (κ3) is 4.23. The van der Waals surface area contributed by atoms with Crippen molar-refractivity contribution in [2.75, 3.05) is 33.8 Å². The smallest absolute Gasteiger partial charge is 0.100 e. The van der Waals surface area contributed by atoms with Gasteiger partial charge in [0, 0.05) is 32.6 Å². The van der Waals surface area contributed by atoms with Crippen molar-refractivity contribution in [2.45, 2.75) is 64.0 Å². The van der Waals surface area contributed by atoms with E-state index in [2.05, 4.69) is 41.4 Å². The number of rotatable bonds is 6. The van der Waals surface area contributed by atoms with E-state index < -0.39 is 0 Å². The average molecular weight is 350 g/mol. The number of nitrogens with zero attached hydrogens (tertiary/aromatic N) is 4. The van der Waals surface area contributed by atoms with Gasteiger partial charge in [-0.15, -0.1) is 5.10 Å². The van der Waals surface area contributed by atoms with E-state index in [0.717, 1.165) is 31.9 Å². The molecule has 1 saturated carbocycles. The number of aryl methyl sites for hydroxylation is 1. The van der Waals surface area contributed by atoms with E-state index >= 15 is 0 Å². The van der Waals surface area contributed by atoms with E-state index in [1.807, 2.05) is 18.8 Å². The van der Waals surface area contributed by atoms with Crippen LogP contribution in [0.3, 0.4) is 0 Å². The van der Waals surface area contributed by atoms with E-state index in [9.17, 15) is 0 Å². The van der Waals surface area contributed by atoms with Crippen LogP contribution in [0.1, 0.15) is 63.3 Å². The van der Waals surface area contributed by atoms with Gasteiger partial charge in [0.2, 0.25) is 0 Å². The van der Waals surface area contributed by atoms with E-state index in [1.54, 1.807) is 0 Å². The Hall–Kier alpha value is -0.980. The summed E-state index contributed by atoms with van der Waals surface area (Å²) in [6.45, 7) is 8.45. The highest BCUT2D eigenvalue weighted by molar-refractivity contribution is 5.17. The highest BCUT2D eigenvalue weighted by atomic mass is 16.5. The summed E-state index contributed by atoms with van der Waals surface area (Å²) < 4.78 is 8.28. The van der Waals surface area contributed by atoms with Crippen molar-refractivity contribution in [1.82, 2.24) is 25.2 Å². The molecule has 142 valence electrons. The minimum Gasteiger partial charge on any atom is -0.374 e. The fraction of sp³-hybridized carbons (Fsp3) is 0.895. The van der Waals surface area contributed by atoms with Crippen LogP contribution in [-0.2, 0) is 18.3 Å². The Morgan fingerprint density at radius 1 is 1.32 bits per heavy atom. The maximum atomic E-state index is 6.28. The first-order valence-electron chi connectivity index (χ1n) is 9.70. The average Bonchev–Trinajstić information content (AvgIpc) is 3.07. The summed E-state index contributed by atoms with van der Waals surface area (Å²) in [6.07, 6.45) is 5.91. The fourth-order valence-corrected chi connectivity index (χ4v) is 4.72. The molecule has 25 heavy (non-hydrogen) atoms. The molecular formula is C19H35N5O. The van der Waals surface area contributed by atoms with Crippen molar-refractivity contribution in [1.29, 1.82) is 0 Å². The molecule has 0 amide bonds. The lowest BCUT2D eigenvalue weighted by molar-refractivity contribution is -0.0298. The second kappa shape index (κ2) is 7.33. The lowest BCUT2D eigenvalue weighted by atomic mass is 9.72. The summed E-state index contributed by atoms with van der Waals surface area (Å²) in [5, 5.41) is 12.0. The molecule has 6 heteroatoms. The van der Waals surface area contributed by atoms with Crippen LogP contribution in [0.5, 0.6) is 0 Å². The van der Waals surface area contributed by atoms with Crippen molar-refractivity contribution >= 4 is 0 Å². The zero-order valence-corrected chi connectivity index (χ0v) is 16.6. The molecule has 1 aliphatic heterocycles. The van der Waals surface area contributed by atoms with Crippen molar-refractivity contribution in [3.05, 3.63) is 11.4 Å². The molecule has 0 aromatic carbocycles. The Morgan fingerprint density at radius 3 is 2.64 bits per heavy atom. The summed E-state index contributed by atoms with van der Waals surface area (Å²) in [4.78, 5) is 2.32. The van der Waals surface area contributed by atoms with E-state index in [4.69, 9.17) is 4.74 Å². The van der Waals surface area contributed by atoms with Crippen LogP contribution in [0.2, 0.25) is 0 Å². The van der Waals surface area contributed by atoms with Gasteiger partial charge < -0.3 is 10.1 Å². The number of ether oxygens (including phenoxy) is 1. The molecule has 0 unspecified atom stereocenters. The minimum atomic E-state index is 0.135. The van der Waals surface area contributed by atoms with Gasteiger partial charge in [-0.05, 0) is 51.6 Å². The number of nitrogens with one attached hydrogen (secondary N) is 1. The lowest BCUT2D eigenvalue weighted by Gasteiger charge is -2.37. The second-order valence-corrected chi connectivity index (χ2v) is 8.97. The van der Waals surface area contributed by atoms with Crippen molar-refractivity contribution < 1.29 is 4.74 Å². The Balaban J connectivity index is 1.64. The molecule has 1 aromatic rings. The topological polar surface area (TPSA) is 55.2 Å². The molecule has 2 aliphatic rings. The summed E-state index contributed by atoms with van der Waals surface area (Å²) in [5.74, 6) is 0.561. The Labute approximate surface area is 152 Å². The van der Waals surface area contributed by atoms with Gasteiger partial charge in [0.05, 0.1) is 17.9 Å². The molecule has 1 aromatic heterocycles. The largest absolute Gasteiger partial charge is 0.374 e. The molecule has 2 fully saturated rings. The molecule has 1 spiro atoms. The molecule has 3 rings (SSSR count). The lowest BCUT2D eigenvalue weighted by Crippen LogP contribution is -2.34. The Morgan fingerprint density at radius 2 is 2.04 bits per heavy atom. The first-order valence-corrected chi connectivity index (χ1v) is 9.70. The summed E-state index contributed by atoms with van der Waals surface area (Å²) >= 11 is 0. The minimum absolute atomic E-state index is 0.135. The van der Waals surface area contributed by atoms with Crippen LogP contribution in [0, 0.1) is 5.41 Å². The molecule has 1 N–H and O–H groups in total. The highest BCUT2D eigenvalue weighted by Crippen LogP contribution is 2.49. The van der Waals surface area contributed by atoms with Gasteiger partial charge in [0.15, 0.2) is 0 Å². The van der Waals surface area contributed by atoms with Gasteiger partial charge in [0.25, 0.3) is 0 Å². The quantitative estimate of drug-likeness (QED) is 0.854. The molecule has 0 atom stereocenters. The van der Waals surface area contributed by atoms with Crippen molar-refractivity contribution in [3.63, 3.8) is 0 Å². The maximum Gasteiger partial charge on any atom is 0.100 e. The normalized spacial score (nSPS) is 29.0. The van der Waals surface area contributed by atoms with Crippen LogP contribution in [-0.4, -0.2) is 59.3 Å². The van der Waals surface area contributed by atoms with Crippen LogP contribution < -0.4 is 5.32 Å². The summed E-state index contributed by atoms with van der Waals surface area (Å²) in [7, 11) is 6.19. The second-order valence-electron chi connectivity index (χ2n) is 8.97. The van der Waals surface area contributed by atoms with E-state index in [1.165, 1.54) is 37.8 Å². The standard InChI is InChI=1S/C19H35N5O/c1-18(2)13-19(25-14-18)8-6-15(7-9-19)17-16(21-22-24(17)5)12-23(4)11-10-20-3/h15,20H,6-14H2,1-5H3. The van der Waals surface area contributed by atoms with Gasteiger partial charge >= 0.3 is 0 Å². The van der Waals surface area contributed by atoms with Gasteiger partial charge in [-0.3, -0.25) is 9.58 Å². The molecule has 6 nitrogen and oxygen atoms in total. The summed E-state index contributed by atoms with van der Waals surface area (Å²) in [5.41, 5.74) is 2.95. The number of aromatic nitrogens is 3. The number of likely N-dealkylation sites (N-methyl/N-ethyl adjacent to an activating group) is 2. The maximum absolute atomic E-state index is 6.28. The number of hydrogen-bond acceptors (Lipinski definition) is 5. The molecule has 0 bridgehead atoms. The van der Waals surface area contributed by atoms with Crippen LogP contribution in [0.25, 0.3) is 0 Å². The highest BCUT2D eigenvalue weighted by Gasteiger charge is 2.46. The fourth-order valence-electron chi connectivity index (χ4n) is 4.72. The van der Waals surface area contributed by atoms with Gasteiger partial charge in [-0.2, -0.15) is 0 Å². The zero-order chi connectivity index (χ0) is 18.1. The van der Waals surface area contributed by atoms with Crippen LogP contribution in [0.4, 0.5) is 0 Å². The van der Waals surface area contributed by atoms with Gasteiger partial charge in [0.1, 0.15) is 5.69 Å². The zero-order valence-electron chi connectivity index (χ0n) is 16.6. The van der Waals surface area contributed by atoms with Gasteiger partial charge in [-0.1, -0.05) is 19.1 Å². The monoisotopic (exact) mass is 349 g/mol. The predicted octanol–water partition coefficient (Wildman–Crippen LogP) is 2.31. The van der Waals surface area contributed by atoms with Crippen LogP contribution in [0.15, 0.2) is 0 Å². The third-order valence-corrected chi connectivity index (χ3v) is 5.96. The molecular weight excluding hydrogens is 314 g/mol. The van der Waals surface area contributed by atoms with Crippen molar-refractivity contribution in [3.8, 4) is 0 Å². The first kappa shape index (κ1) is 18.8. The van der Waals surface area contributed by atoms with Gasteiger partial charge in [-0.25, -0.2) is 0 Å². The molecule has 1 aliphatic carbocycles. The molecule has 0 radical (unpaired) electrons. The molecule has 2 heterocycles. The molecule has 1 saturated heterocycles. The Bertz CT molecular complexity index is 574. The summed E-state index contributed by atoms with van der Waals surface area (Å²) in [6, 6.07) is 0. The SMILES string of the molecule is CNCCN(C)Cc1nnn(C)c1C1CCC2(CC1)CC(C)(C)CO2. The van der Waals surface area contributed by atoms with E-state index in [-0.39, 0.29) is 5.60 Å². The Kier molecular flexibility index (Phi) is 5.51.